The number of hydrogen-bond acceptors (Lipinski definition) is 5. The second kappa shape index (κ2) is 7.01. The summed E-state index contributed by atoms with van der Waals surface area (Å²) in [5.74, 6) is -0.893. The average Bonchev–Trinajstić information content (AvgIpc) is 3.03. The van der Waals surface area contributed by atoms with Crippen molar-refractivity contribution in [3.05, 3.63) is 70.3 Å². The van der Waals surface area contributed by atoms with Crippen molar-refractivity contribution in [3.63, 3.8) is 0 Å². The smallest absolute Gasteiger partial charge is 0.266 e. The summed E-state index contributed by atoms with van der Waals surface area (Å²) in [5.41, 5.74) is 6.45. The van der Waals surface area contributed by atoms with E-state index in [1.165, 1.54) is 17.5 Å². The second-order valence-corrected chi connectivity index (χ2v) is 6.10. The van der Waals surface area contributed by atoms with E-state index in [1.807, 2.05) is 37.3 Å². The number of hydrogen-bond donors (Lipinski definition) is 2. The van der Waals surface area contributed by atoms with Gasteiger partial charge in [0.15, 0.2) is 0 Å². The lowest BCUT2D eigenvalue weighted by atomic mass is 10.1. The van der Waals surface area contributed by atoms with Crippen LogP contribution in [0.3, 0.4) is 0 Å². The average molecular weight is 338 g/mol. The molecule has 3 aromatic rings. The number of nitrogens with one attached hydrogen (secondary N) is 2. The van der Waals surface area contributed by atoms with E-state index in [4.69, 9.17) is 0 Å². The van der Waals surface area contributed by atoms with E-state index in [9.17, 15) is 9.59 Å². The number of rotatable bonds is 3. The summed E-state index contributed by atoms with van der Waals surface area (Å²) < 4.78 is 0. The van der Waals surface area contributed by atoms with Crippen molar-refractivity contribution in [1.29, 1.82) is 0 Å². The van der Waals surface area contributed by atoms with Gasteiger partial charge in [0.2, 0.25) is 0 Å². The summed E-state index contributed by atoms with van der Waals surface area (Å²) in [6.45, 7) is 1.83. The maximum atomic E-state index is 12.4. The maximum absolute atomic E-state index is 12.4. The number of nitrogens with zero attached hydrogens (tertiary/aromatic N) is 2. The number of aromatic nitrogens is 2. The van der Waals surface area contributed by atoms with Crippen molar-refractivity contribution in [1.82, 2.24) is 20.8 Å². The quantitative estimate of drug-likeness (QED) is 0.719. The molecule has 2 N–H and O–H groups in total. The molecule has 0 atom stereocenters. The Morgan fingerprint density at radius 1 is 0.958 bits per heavy atom. The summed E-state index contributed by atoms with van der Waals surface area (Å²) in [6, 6.07) is 14.4. The molecule has 0 spiro atoms. The van der Waals surface area contributed by atoms with Crippen molar-refractivity contribution in [3.8, 4) is 11.3 Å². The zero-order valence-electron chi connectivity index (χ0n) is 12.8. The van der Waals surface area contributed by atoms with E-state index in [0.717, 1.165) is 10.6 Å². The minimum Gasteiger partial charge on any atom is -0.266 e. The molecule has 0 fully saturated rings. The minimum atomic E-state index is -0.480. The van der Waals surface area contributed by atoms with Crippen molar-refractivity contribution in [2.75, 3.05) is 0 Å². The van der Waals surface area contributed by atoms with Gasteiger partial charge >= 0.3 is 0 Å². The van der Waals surface area contributed by atoms with Gasteiger partial charge in [-0.1, -0.05) is 36.4 Å². The number of carbonyl (C=O) groups excluding carboxylic acids is 2. The highest BCUT2D eigenvalue weighted by Crippen LogP contribution is 2.27. The van der Waals surface area contributed by atoms with Gasteiger partial charge in [-0.25, -0.2) is 4.98 Å². The molecular formula is C17H14N4O2S. The first-order chi connectivity index (χ1) is 11.6. The van der Waals surface area contributed by atoms with Crippen LogP contribution in [0.2, 0.25) is 0 Å². The SMILES string of the molecule is Cc1nc(-c2ccccc2)c(C(=O)NNC(=O)c2ccccn2)s1. The van der Waals surface area contributed by atoms with Crippen LogP contribution in [0.25, 0.3) is 11.3 Å². The fourth-order valence-corrected chi connectivity index (χ4v) is 2.94. The van der Waals surface area contributed by atoms with Gasteiger partial charge in [0.05, 0.1) is 10.7 Å². The normalized spacial score (nSPS) is 10.2. The number of thiazole rings is 1. The highest BCUT2D eigenvalue weighted by Gasteiger charge is 2.19. The highest BCUT2D eigenvalue weighted by molar-refractivity contribution is 7.14. The Kier molecular flexibility index (Phi) is 4.62. The first-order valence-electron chi connectivity index (χ1n) is 7.19. The van der Waals surface area contributed by atoms with Crippen LogP contribution >= 0.6 is 11.3 Å². The van der Waals surface area contributed by atoms with Gasteiger partial charge in [-0.15, -0.1) is 11.3 Å². The molecule has 2 heterocycles. The molecule has 0 bridgehead atoms. The molecular weight excluding hydrogens is 324 g/mol. The third kappa shape index (κ3) is 3.47. The van der Waals surface area contributed by atoms with Crippen LogP contribution in [0.15, 0.2) is 54.7 Å². The van der Waals surface area contributed by atoms with Gasteiger partial charge in [0.25, 0.3) is 11.8 Å². The number of pyridine rings is 1. The van der Waals surface area contributed by atoms with Crippen molar-refractivity contribution in [2.45, 2.75) is 6.92 Å². The van der Waals surface area contributed by atoms with Crippen LogP contribution in [0.4, 0.5) is 0 Å². The fourth-order valence-electron chi connectivity index (χ4n) is 2.10. The molecule has 0 radical (unpaired) electrons. The van der Waals surface area contributed by atoms with Crippen LogP contribution in [-0.2, 0) is 0 Å². The van der Waals surface area contributed by atoms with Gasteiger partial charge in [0, 0.05) is 11.8 Å². The number of benzene rings is 1. The van der Waals surface area contributed by atoms with Crippen LogP contribution < -0.4 is 10.9 Å². The second-order valence-electron chi connectivity index (χ2n) is 4.90. The van der Waals surface area contributed by atoms with Crippen molar-refractivity contribution in [2.24, 2.45) is 0 Å². The lowest BCUT2D eigenvalue weighted by molar-refractivity contribution is 0.0846. The molecule has 0 saturated carbocycles. The summed E-state index contributed by atoms with van der Waals surface area (Å²) in [6.07, 6.45) is 1.51. The first kappa shape index (κ1) is 15.8. The van der Waals surface area contributed by atoms with Crippen LogP contribution in [-0.4, -0.2) is 21.8 Å². The maximum Gasteiger partial charge on any atom is 0.288 e. The summed E-state index contributed by atoms with van der Waals surface area (Å²) >= 11 is 1.27. The third-order valence-corrected chi connectivity index (χ3v) is 4.14. The zero-order valence-corrected chi connectivity index (χ0v) is 13.6. The highest BCUT2D eigenvalue weighted by atomic mass is 32.1. The van der Waals surface area contributed by atoms with Gasteiger partial charge in [-0.2, -0.15) is 0 Å². The summed E-state index contributed by atoms with van der Waals surface area (Å²) in [4.78, 5) is 33.1. The van der Waals surface area contributed by atoms with Crippen LogP contribution in [0, 0.1) is 6.92 Å². The molecule has 0 unspecified atom stereocenters. The van der Waals surface area contributed by atoms with Gasteiger partial charge in [0.1, 0.15) is 10.6 Å². The van der Waals surface area contributed by atoms with E-state index in [0.29, 0.717) is 10.6 Å². The van der Waals surface area contributed by atoms with Crippen molar-refractivity contribution < 1.29 is 9.59 Å². The molecule has 24 heavy (non-hydrogen) atoms. The lowest BCUT2D eigenvalue weighted by Gasteiger charge is -2.07. The zero-order chi connectivity index (χ0) is 16.9. The lowest BCUT2D eigenvalue weighted by Crippen LogP contribution is -2.41. The van der Waals surface area contributed by atoms with E-state index in [2.05, 4.69) is 20.8 Å². The van der Waals surface area contributed by atoms with E-state index in [-0.39, 0.29) is 5.69 Å². The molecule has 2 aromatic heterocycles. The Bertz CT molecular complexity index is 863. The number of hydrazine groups is 1. The Hall–Kier alpha value is -3.06. The summed E-state index contributed by atoms with van der Waals surface area (Å²) in [7, 11) is 0. The van der Waals surface area contributed by atoms with Gasteiger partial charge < -0.3 is 0 Å². The van der Waals surface area contributed by atoms with Gasteiger partial charge in [-0.05, 0) is 19.1 Å². The molecule has 120 valence electrons. The molecule has 3 rings (SSSR count). The molecule has 1 aromatic carbocycles. The van der Waals surface area contributed by atoms with Crippen LogP contribution in [0.5, 0.6) is 0 Å². The molecule has 0 aliphatic rings. The molecule has 0 saturated heterocycles. The van der Waals surface area contributed by atoms with Gasteiger partial charge in [-0.3, -0.25) is 25.4 Å². The monoisotopic (exact) mass is 338 g/mol. The molecule has 6 nitrogen and oxygen atoms in total. The topological polar surface area (TPSA) is 84.0 Å². The molecule has 0 aliphatic carbocycles. The first-order valence-corrected chi connectivity index (χ1v) is 8.01. The van der Waals surface area contributed by atoms with E-state index in [1.54, 1.807) is 18.2 Å². The van der Waals surface area contributed by atoms with E-state index < -0.39 is 11.8 Å². The Morgan fingerprint density at radius 3 is 2.38 bits per heavy atom. The number of aryl methyl sites for hydroxylation is 1. The van der Waals surface area contributed by atoms with E-state index >= 15 is 0 Å². The molecule has 0 aliphatic heterocycles. The standard InChI is InChI=1S/C17H14N4O2S/c1-11-19-14(12-7-3-2-4-8-12)15(24-11)17(23)21-20-16(22)13-9-5-6-10-18-13/h2-10H,1H3,(H,20,22)(H,21,23). The summed E-state index contributed by atoms with van der Waals surface area (Å²) in [5, 5.41) is 0.773. The molecule has 7 heteroatoms. The number of carbonyl (C=O) groups is 2. The minimum absolute atomic E-state index is 0.224. The molecule has 2 amide bonds. The third-order valence-electron chi connectivity index (χ3n) is 3.17. The van der Waals surface area contributed by atoms with Crippen LogP contribution in [0.1, 0.15) is 25.2 Å². The predicted molar refractivity (Wildman–Crippen MR) is 91.5 cm³/mol. The van der Waals surface area contributed by atoms with Crippen molar-refractivity contribution >= 4 is 23.2 Å². The Morgan fingerprint density at radius 2 is 1.67 bits per heavy atom. The fraction of sp³-hybridized carbons (Fsp3) is 0.0588. The largest absolute Gasteiger partial charge is 0.288 e. The Balaban J connectivity index is 1.75. The Labute approximate surface area is 142 Å². The predicted octanol–water partition coefficient (Wildman–Crippen LogP) is 2.59. The number of amides is 2.